The maximum atomic E-state index is 9.03. The van der Waals surface area contributed by atoms with Gasteiger partial charge < -0.3 is 9.63 Å². The van der Waals surface area contributed by atoms with Crippen molar-refractivity contribution in [1.29, 1.82) is 0 Å². The molecule has 1 heterocycles. The van der Waals surface area contributed by atoms with E-state index in [9.17, 15) is 0 Å². The molecule has 4 rings (SSSR count). The fourth-order valence-corrected chi connectivity index (χ4v) is 2.80. The van der Waals surface area contributed by atoms with Crippen molar-refractivity contribution in [2.45, 2.75) is 24.7 Å². The van der Waals surface area contributed by atoms with Crippen LogP contribution in [0.2, 0.25) is 0 Å². The van der Waals surface area contributed by atoms with E-state index in [2.05, 4.69) is 10.1 Å². The van der Waals surface area contributed by atoms with Gasteiger partial charge in [-0.05, 0) is 24.7 Å². The number of aliphatic hydroxyl groups is 1. The van der Waals surface area contributed by atoms with Crippen molar-refractivity contribution in [2.24, 2.45) is 5.41 Å². The summed E-state index contributed by atoms with van der Waals surface area (Å²) in [5, 5.41) is 12.6. The molecule has 1 aromatic rings. The molecule has 2 bridgehead atoms. The molecule has 3 aliphatic rings. The summed E-state index contributed by atoms with van der Waals surface area (Å²) in [6, 6.07) is 0. The normalized spacial score (nSPS) is 43.4. The van der Waals surface area contributed by atoms with Gasteiger partial charge in [-0.3, -0.25) is 0 Å². The minimum Gasteiger partial charge on any atom is -0.396 e. The molecule has 0 spiro atoms. The zero-order valence-electron chi connectivity index (χ0n) is 6.66. The first-order chi connectivity index (χ1) is 5.79. The predicted octanol–water partition coefficient (Wildman–Crippen LogP) is 0.484. The number of nitrogens with zero attached hydrogens (tertiary/aromatic N) is 2. The Morgan fingerprint density at radius 2 is 2.25 bits per heavy atom. The van der Waals surface area contributed by atoms with Crippen LogP contribution in [-0.2, 0) is 5.41 Å². The summed E-state index contributed by atoms with van der Waals surface area (Å²) in [5.74, 6) is 0.762. The van der Waals surface area contributed by atoms with Crippen LogP contribution in [0.1, 0.15) is 25.2 Å². The van der Waals surface area contributed by atoms with Crippen molar-refractivity contribution in [2.75, 3.05) is 6.61 Å². The second-order valence-corrected chi connectivity index (χ2v) is 4.22. The van der Waals surface area contributed by atoms with Gasteiger partial charge in [0.15, 0.2) is 6.33 Å². The standard InChI is InChI=1S/C8H10N2O2/c11-4-7-1-8(2-7,3-7)6-9-5-10-12-6/h5,11H,1-4H2. The molecule has 1 N–H and O–H groups in total. The highest BCUT2D eigenvalue weighted by Gasteiger charge is 2.70. The van der Waals surface area contributed by atoms with E-state index in [1.807, 2.05) is 0 Å². The van der Waals surface area contributed by atoms with Crippen molar-refractivity contribution in [3.05, 3.63) is 12.2 Å². The van der Waals surface area contributed by atoms with Crippen LogP contribution in [0, 0.1) is 5.41 Å². The minimum absolute atomic E-state index is 0.152. The molecular weight excluding hydrogens is 156 g/mol. The zero-order valence-corrected chi connectivity index (χ0v) is 6.66. The molecule has 0 aliphatic heterocycles. The highest BCUT2D eigenvalue weighted by atomic mass is 16.5. The van der Waals surface area contributed by atoms with E-state index in [4.69, 9.17) is 9.63 Å². The van der Waals surface area contributed by atoms with Crippen molar-refractivity contribution in [3.8, 4) is 0 Å². The second-order valence-electron chi connectivity index (χ2n) is 4.22. The Kier molecular flexibility index (Phi) is 0.942. The van der Waals surface area contributed by atoms with E-state index in [-0.39, 0.29) is 10.8 Å². The lowest BCUT2D eigenvalue weighted by atomic mass is 9.35. The van der Waals surface area contributed by atoms with E-state index in [0.717, 1.165) is 25.2 Å². The van der Waals surface area contributed by atoms with Gasteiger partial charge in [0, 0.05) is 6.61 Å². The van der Waals surface area contributed by atoms with Crippen LogP contribution in [0.15, 0.2) is 10.9 Å². The number of hydrogen-bond donors (Lipinski definition) is 1. The zero-order chi connectivity index (χ0) is 8.23. The van der Waals surface area contributed by atoms with Crippen LogP contribution in [0.4, 0.5) is 0 Å². The van der Waals surface area contributed by atoms with Crippen LogP contribution in [0.3, 0.4) is 0 Å². The Morgan fingerprint density at radius 1 is 1.50 bits per heavy atom. The molecule has 0 atom stereocenters. The summed E-state index contributed by atoms with van der Waals surface area (Å²) in [6.07, 6.45) is 4.53. The van der Waals surface area contributed by atoms with Crippen molar-refractivity contribution < 1.29 is 9.63 Å². The molecule has 0 aromatic carbocycles. The molecule has 1 aromatic heterocycles. The maximum absolute atomic E-state index is 9.03. The molecule has 0 radical (unpaired) electrons. The maximum Gasteiger partial charge on any atom is 0.232 e. The highest BCUT2D eigenvalue weighted by Crippen LogP contribution is 2.72. The Bertz CT molecular complexity index is 287. The van der Waals surface area contributed by atoms with Gasteiger partial charge in [-0.2, -0.15) is 4.98 Å². The first kappa shape index (κ1) is 6.60. The molecule has 3 saturated carbocycles. The SMILES string of the molecule is OCC12CC(c3ncno3)(C1)C2. The van der Waals surface area contributed by atoms with Crippen molar-refractivity contribution in [1.82, 2.24) is 10.1 Å². The van der Waals surface area contributed by atoms with Crippen molar-refractivity contribution >= 4 is 0 Å². The molecule has 0 unspecified atom stereocenters. The van der Waals surface area contributed by atoms with Gasteiger partial charge in [-0.25, -0.2) is 0 Å². The van der Waals surface area contributed by atoms with Gasteiger partial charge in [0.25, 0.3) is 0 Å². The first-order valence-electron chi connectivity index (χ1n) is 4.17. The first-order valence-corrected chi connectivity index (χ1v) is 4.17. The Morgan fingerprint density at radius 3 is 2.75 bits per heavy atom. The molecule has 3 aliphatic carbocycles. The average molecular weight is 166 g/mol. The molecule has 4 nitrogen and oxygen atoms in total. The van der Waals surface area contributed by atoms with Crippen LogP contribution in [-0.4, -0.2) is 21.9 Å². The van der Waals surface area contributed by atoms with Gasteiger partial charge in [-0.15, -0.1) is 0 Å². The van der Waals surface area contributed by atoms with Gasteiger partial charge in [0.05, 0.1) is 5.41 Å². The smallest absolute Gasteiger partial charge is 0.232 e. The largest absolute Gasteiger partial charge is 0.396 e. The summed E-state index contributed by atoms with van der Waals surface area (Å²) >= 11 is 0. The van der Waals surface area contributed by atoms with Crippen LogP contribution in [0.5, 0.6) is 0 Å². The van der Waals surface area contributed by atoms with Gasteiger partial charge in [0.2, 0.25) is 5.89 Å². The molecule has 4 heteroatoms. The van der Waals surface area contributed by atoms with Crippen LogP contribution in [0.25, 0.3) is 0 Å². The second kappa shape index (κ2) is 1.71. The minimum atomic E-state index is 0.152. The summed E-state index contributed by atoms with van der Waals surface area (Å²) in [6.45, 7) is 0.308. The number of rotatable bonds is 2. The summed E-state index contributed by atoms with van der Waals surface area (Å²) in [7, 11) is 0. The Balaban J connectivity index is 1.84. The third-order valence-corrected chi connectivity index (χ3v) is 3.29. The molecule has 3 fully saturated rings. The summed E-state index contributed by atoms with van der Waals surface area (Å²) in [4.78, 5) is 4.05. The fraction of sp³-hybridized carbons (Fsp3) is 0.750. The summed E-state index contributed by atoms with van der Waals surface area (Å²) < 4.78 is 5.03. The monoisotopic (exact) mass is 166 g/mol. The van der Waals surface area contributed by atoms with E-state index in [0.29, 0.717) is 6.61 Å². The van der Waals surface area contributed by atoms with Gasteiger partial charge in [-0.1, -0.05) is 5.16 Å². The predicted molar refractivity (Wildman–Crippen MR) is 39.3 cm³/mol. The van der Waals surface area contributed by atoms with Crippen molar-refractivity contribution in [3.63, 3.8) is 0 Å². The lowest BCUT2D eigenvalue weighted by Crippen LogP contribution is -2.66. The lowest BCUT2D eigenvalue weighted by Gasteiger charge is -2.68. The topological polar surface area (TPSA) is 59.2 Å². The van der Waals surface area contributed by atoms with E-state index < -0.39 is 0 Å². The van der Waals surface area contributed by atoms with Crippen LogP contribution >= 0.6 is 0 Å². The van der Waals surface area contributed by atoms with E-state index >= 15 is 0 Å². The number of aromatic nitrogens is 2. The number of hydrogen-bond acceptors (Lipinski definition) is 4. The average Bonchev–Trinajstić information content (AvgIpc) is 2.35. The quantitative estimate of drug-likeness (QED) is 0.694. The highest BCUT2D eigenvalue weighted by molar-refractivity contribution is 5.28. The Hall–Kier alpha value is -0.900. The summed E-state index contributed by atoms with van der Waals surface area (Å²) in [5.41, 5.74) is 0.369. The third-order valence-electron chi connectivity index (χ3n) is 3.29. The number of aliphatic hydroxyl groups excluding tert-OH is 1. The lowest BCUT2D eigenvalue weighted by molar-refractivity contribution is -0.180. The van der Waals surface area contributed by atoms with E-state index in [1.54, 1.807) is 0 Å². The molecule has 0 saturated heterocycles. The van der Waals surface area contributed by atoms with Crippen LogP contribution < -0.4 is 0 Å². The fourth-order valence-electron chi connectivity index (χ4n) is 2.80. The Labute approximate surface area is 69.6 Å². The molecule has 64 valence electrons. The molecule has 12 heavy (non-hydrogen) atoms. The molecular formula is C8H10N2O2. The van der Waals surface area contributed by atoms with E-state index in [1.165, 1.54) is 6.33 Å². The van der Waals surface area contributed by atoms with Gasteiger partial charge in [0.1, 0.15) is 0 Å². The molecule has 0 amide bonds. The third kappa shape index (κ3) is 0.545. The van der Waals surface area contributed by atoms with Gasteiger partial charge >= 0.3 is 0 Å².